The Balaban J connectivity index is 1.92. The van der Waals surface area contributed by atoms with Crippen molar-refractivity contribution in [2.45, 2.75) is 12.6 Å². The van der Waals surface area contributed by atoms with Crippen molar-refractivity contribution in [2.75, 3.05) is 24.7 Å². The molecule has 2 fully saturated rings. The Bertz CT molecular complexity index is 427. The van der Waals surface area contributed by atoms with E-state index in [1.54, 1.807) is 4.90 Å². The monoisotopic (exact) mass is 247 g/mol. The minimum Gasteiger partial charge on any atom is -0.473 e. The number of carbonyl (C=O) groups is 1. The normalized spacial score (nSPS) is 26.6. The summed E-state index contributed by atoms with van der Waals surface area (Å²) in [5.74, 6) is 0.157. The number of amides is 1. The Morgan fingerprint density at radius 3 is 2.88 bits per heavy atom. The molecule has 0 radical (unpaired) electrons. The van der Waals surface area contributed by atoms with Gasteiger partial charge in [0.25, 0.3) is 0 Å². The van der Waals surface area contributed by atoms with Crippen molar-refractivity contribution >= 4 is 15.7 Å². The molecule has 2 aliphatic rings. The molecule has 1 N–H and O–H groups in total. The standard InChI is InChI=1S/C9H13NO5S/c11-2-4-16(13,14)3-1-7-6-10-8(12)5-9(10)15-7/h1,9,11H,2-6H2/b7-1-/t9-/m1/s1. The largest absolute Gasteiger partial charge is 0.473 e. The lowest BCUT2D eigenvalue weighted by molar-refractivity contribution is -0.154. The Labute approximate surface area is 93.4 Å². The number of hydrogen-bond donors (Lipinski definition) is 1. The van der Waals surface area contributed by atoms with Crippen LogP contribution in [0.4, 0.5) is 0 Å². The van der Waals surface area contributed by atoms with Crippen molar-refractivity contribution in [3.63, 3.8) is 0 Å². The van der Waals surface area contributed by atoms with Crippen LogP contribution in [-0.2, 0) is 19.4 Å². The fourth-order valence-electron chi connectivity index (χ4n) is 1.66. The number of rotatable bonds is 4. The van der Waals surface area contributed by atoms with Crippen molar-refractivity contribution in [3.8, 4) is 0 Å². The molecular formula is C9H13NO5S. The van der Waals surface area contributed by atoms with Crippen LogP contribution in [-0.4, -0.2) is 55.2 Å². The van der Waals surface area contributed by atoms with Gasteiger partial charge in [-0.05, 0) is 6.08 Å². The average Bonchev–Trinajstić information content (AvgIpc) is 2.52. The fourth-order valence-corrected chi connectivity index (χ4v) is 2.54. The number of aliphatic hydroxyl groups is 1. The van der Waals surface area contributed by atoms with Gasteiger partial charge >= 0.3 is 0 Å². The zero-order chi connectivity index (χ0) is 11.8. The third kappa shape index (κ3) is 2.19. The average molecular weight is 247 g/mol. The summed E-state index contributed by atoms with van der Waals surface area (Å²) in [6, 6.07) is 0. The van der Waals surface area contributed by atoms with Crippen molar-refractivity contribution in [3.05, 3.63) is 11.8 Å². The minimum atomic E-state index is -3.26. The third-order valence-electron chi connectivity index (χ3n) is 2.60. The van der Waals surface area contributed by atoms with Gasteiger partial charge in [0.1, 0.15) is 5.76 Å². The van der Waals surface area contributed by atoms with E-state index in [1.165, 1.54) is 6.08 Å². The van der Waals surface area contributed by atoms with E-state index in [4.69, 9.17) is 9.84 Å². The van der Waals surface area contributed by atoms with Gasteiger partial charge in [0.2, 0.25) is 5.91 Å². The van der Waals surface area contributed by atoms with E-state index in [0.29, 0.717) is 18.7 Å². The summed E-state index contributed by atoms with van der Waals surface area (Å²) in [4.78, 5) is 12.6. The van der Waals surface area contributed by atoms with Crippen molar-refractivity contribution in [2.24, 2.45) is 0 Å². The molecule has 2 heterocycles. The molecule has 0 spiro atoms. The lowest BCUT2D eigenvalue weighted by atomic mass is 10.2. The van der Waals surface area contributed by atoms with Gasteiger partial charge in [-0.25, -0.2) is 8.42 Å². The smallest absolute Gasteiger partial charge is 0.231 e. The van der Waals surface area contributed by atoms with E-state index < -0.39 is 9.84 Å². The first-order valence-corrected chi connectivity index (χ1v) is 6.80. The van der Waals surface area contributed by atoms with Crippen LogP contribution < -0.4 is 0 Å². The summed E-state index contributed by atoms with van der Waals surface area (Å²) >= 11 is 0. The Kier molecular flexibility index (Phi) is 2.90. The lowest BCUT2D eigenvalue weighted by Gasteiger charge is -2.30. The van der Waals surface area contributed by atoms with Crippen LogP contribution in [0.3, 0.4) is 0 Å². The molecule has 2 saturated heterocycles. The molecule has 2 aliphatic heterocycles. The second kappa shape index (κ2) is 4.06. The molecule has 0 bridgehead atoms. The maximum absolute atomic E-state index is 11.3. The van der Waals surface area contributed by atoms with Crippen LogP contribution in [0.5, 0.6) is 0 Å². The minimum absolute atomic E-state index is 0.0339. The summed E-state index contributed by atoms with van der Waals surface area (Å²) in [7, 11) is -3.26. The second-order valence-corrected chi connectivity index (χ2v) is 6.04. The molecule has 2 rings (SSSR count). The molecule has 1 atom stereocenters. The molecule has 0 aliphatic carbocycles. The zero-order valence-corrected chi connectivity index (χ0v) is 9.44. The molecule has 0 aromatic rings. The molecule has 0 aromatic carbocycles. The van der Waals surface area contributed by atoms with E-state index in [2.05, 4.69) is 0 Å². The highest BCUT2D eigenvalue weighted by Crippen LogP contribution is 2.30. The topological polar surface area (TPSA) is 83.9 Å². The SMILES string of the molecule is O=C1C[C@H]2O/C(=C\CS(=O)(=O)CCO)CN12. The van der Waals surface area contributed by atoms with Crippen LogP contribution in [0.15, 0.2) is 11.8 Å². The van der Waals surface area contributed by atoms with Gasteiger partial charge in [-0.1, -0.05) is 0 Å². The summed E-state index contributed by atoms with van der Waals surface area (Å²) in [5.41, 5.74) is 0. The molecule has 16 heavy (non-hydrogen) atoms. The Morgan fingerprint density at radius 1 is 1.56 bits per heavy atom. The number of hydrogen-bond acceptors (Lipinski definition) is 5. The first-order chi connectivity index (χ1) is 7.52. The summed E-state index contributed by atoms with van der Waals surface area (Å²) in [6.07, 6.45) is 1.65. The molecule has 0 unspecified atom stereocenters. The number of aliphatic hydroxyl groups excluding tert-OH is 1. The molecule has 0 aromatic heterocycles. The van der Waals surface area contributed by atoms with Crippen LogP contribution >= 0.6 is 0 Å². The van der Waals surface area contributed by atoms with Gasteiger partial charge in [0, 0.05) is 0 Å². The molecule has 6 nitrogen and oxygen atoms in total. The number of carbonyl (C=O) groups excluding carboxylic acids is 1. The Hall–Kier alpha value is -1.08. The van der Waals surface area contributed by atoms with Gasteiger partial charge in [0.15, 0.2) is 16.1 Å². The molecule has 0 saturated carbocycles. The first kappa shape index (κ1) is 11.4. The van der Waals surface area contributed by atoms with Crippen LogP contribution in [0, 0.1) is 0 Å². The maximum atomic E-state index is 11.3. The first-order valence-electron chi connectivity index (χ1n) is 4.98. The fraction of sp³-hybridized carbons (Fsp3) is 0.667. The quantitative estimate of drug-likeness (QED) is 0.635. The Morgan fingerprint density at radius 2 is 2.31 bits per heavy atom. The van der Waals surface area contributed by atoms with E-state index in [1.807, 2.05) is 0 Å². The number of sulfone groups is 1. The summed E-state index contributed by atoms with van der Waals surface area (Å²) in [6.45, 7) is -0.0161. The molecule has 90 valence electrons. The predicted molar refractivity (Wildman–Crippen MR) is 55.0 cm³/mol. The number of nitrogens with zero attached hydrogens (tertiary/aromatic N) is 1. The van der Waals surface area contributed by atoms with Gasteiger partial charge in [-0.3, -0.25) is 9.69 Å². The summed E-state index contributed by atoms with van der Waals surface area (Å²) in [5, 5.41) is 8.54. The highest BCUT2D eigenvalue weighted by Gasteiger charge is 2.43. The van der Waals surface area contributed by atoms with Crippen molar-refractivity contribution in [1.29, 1.82) is 0 Å². The lowest BCUT2D eigenvalue weighted by Crippen LogP contribution is -2.48. The van der Waals surface area contributed by atoms with E-state index in [0.717, 1.165) is 0 Å². The van der Waals surface area contributed by atoms with Gasteiger partial charge < -0.3 is 9.84 Å². The summed E-state index contributed by atoms with van der Waals surface area (Å²) < 4.78 is 27.9. The van der Waals surface area contributed by atoms with Crippen LogP contribution in [0.25, 0.3) is 0 Å². The number of β-lactam (4-membered cyclic amide) rings is 1. The van der Waals surface area contributed by atoms with Crippen molar-refractivity contribution in [1.82, 2.24) is 4.90 Å². The highest BCUT2D eigenvalue weighted by molar-refractivity contribution is 7.91. The molecule has 7 heteroatoms. The van der Waals surface area contributed by atoms with Gasteiger partial charge in [0.05, 0.1) is 31.1 Å². The van der Waals surface area contributed by atoms with E-state index >= 15 is 0 Å². The number of fused-ring (bicyclic) bond motifs is 1. The van der Waals surface area contributed by atoms with E-state index in [9.17, 15) is 13.2 Å². The van der Waals surface area contributed by atoms with Crippen molar-refractivity contribution < 1.29 is 23.1 Å². The van der Waals surface area contributed by atoms with E-state index in [-0.39, 0.29) is 30.2 Å². The molecule has 1 amide bonds. The number of ether oxygens (including phenoxy) is 1. The van der Waals surface area contributed by atoms with Crippen LogP contribution in [0.2, 0.25) is 0 Å². The third-order valence-corrected chi connectivity index (χ3v) is 4.08. The zero-order valence-electron chi connectivity index (χ0n) is 8.63. The van der Waals surface area contributed by atoms with Gasteiger partial charge in [-0.2, -0.15) is 0 Å². The highest BCUT2D eigenvalue weighted by atomic mass is 32.2. The predicted octanol–water partition coefficient (Wildman–Crippen LogP) is -1.13. The second-order valence-electron chi connectivity index (χ2n) is 3.81. The van der Waals surface area contributed by atoms with Gasteiger partial charge in [-0.15, -0.1) is 0 Å². The maximum Gasteiger partial charge on any atom is 0.231 e. The van der Waals surface area contributed by atoms with Crippen LogP contribution in [0.1, 0.15) is 6.42 Å². The molecular weight excluding hydrogens is 234 g/mol.